The molecule has 41 heavy (non-hydrogen) atoms. The predicted molar refractivity (Wildman–Crippen MR) is 156 cm³/mol. The quantitative estimate of drug-likeness (QED) is 0.213. The van der Waals surface area contributed by atoms with E-state index < -0.39 is 0 Å². The molecule has 1 aliphatic heterocycles. The Morgan fingerprint density at radius 2 is 1.85 bits per heavy atom. The number of benzene rings is 2. The standard InChI is InChI=1S/C31H27FN8O/c32-24-6-2-1-4-21(24)22-5-3-7-25-29(22)38-31(37-25)30-23-14-26(35-17-27(23)39-40-30)19-13-20(16-34-15-19)36-28(41)12-18-8-10-33-11-9-18/h1-7,13-18,33H,8-12H2,(H,36,41)(H,37,38)(H,39,40). The largest absolute Gasteiger partial charge is 0.336 e. The summed E-state index contributed by atoms with van der Waals surface area (Å²) in [6.07, 6.45) is 7.61. The second-order valence-electron chi connectivity index (χ2n) is 10.4. The van der Waals surface area contributed by atoms with Gasteiger partial charge in [0.1, 0.15) is 11.5 Å². The fourth-order valence-electron chi connectivity index (χ4n) is 5.51. The molecule has 0 bridgehead atoms. The Kier molecular flexibility index (Phi) is 6.44. The number of hydrogen-bond donors (Lipinski definition) is 4. The number of piperidine rings is 1. The van der Waals surface area contributed by atoms with Crippen LogP contribution in [0.1, 0.15) is 19.3 Å². The minimum atomic E-state index is -0.296. The first-order valence-corrected chi connectivity index (χ1v) is 13.7. The molecule has 1 fully saturated rings. The molecule has 204 valence electrons. The summed E-state index contributed by atoms with van der Waals surface area (Å²) in [5.41, 5.74) is 6.13. The van der Waals surface area contributed by atoms with Gasteiger partial charge in [0, 0.05) is 34.7 Å². The summed E-state index contributed by atoms with van der Waals surface area (Å²) in [5.74, 6) is 0.660. The van der Waals surface area contributed by atoms with E-state index >= 15 is 0 Å². The van der Waals surface area contributed by atoms with Crippen LogP contribution in [0.2, 0.25) is 0 Å². The van der Waals surface area contributed by atoms with Crippen molar-refractivity contribution in [3.05, 3.63) is 79.0 Å². The fraction of sp³-hybridized carbons (Fsp3) is 0.194. The highest BCUT2D eigenvalue weighted by molar-refractivity contribution is 5.98. The normalized spacial score (nSPS) is 14.1. The fourth-order valence-corrected chi connectivity index (χ4v) is 5.51. The number of H-pyrrole nitrogens is 2. The minimum absolute atomic E-state index is 0.00368. The van der Waals surface area contributed by atoms with Crippen LogP contribution in [0.4, 0.5) is 10.1 Å². The third-order valence-corrected chi connectivity index (χ3v) is 7.60. The van der Waals surface area contributed by atoms with Crippen molar-refractivity contribution in [3.8, 4) is 33.9 Å². The molecule has 0 radical (unpaired) electrons. The molecule has 0 atom stereocenters. The lowest BCUT2D eigenvalue weighted by molar-refractivity contribution is -0.117. The van der Waals surface area contributed by atoms with Crippen molar-refractivity contribution in [2.45, 2.75) is 19.3 Å². The van der Waals surface area contributed by atoms with Gasteiger partial charge < -0.3 is 15.6 Å². The lowest BCUT2D eigenvalue weighted by atomic mass is 9.94. The Morgan fingerprint density at radius 1 is 1.00 bits per heavy atom. The van der Waals surface area contributed by atoms with Crippen molar-refractivity contribution in [3.63, 3.8) is 0 Å². The number of hydrogen-bond acceptors (Lipinski definition) is 6. The molecule has 1 saturated heterocycles. The van der Waals surface area contributed by atoms with Crippen molar-refractivity contribution in [1.82, 2.24) is 35.5 Å². The van der Waals surface area contributed by atoms with Gasteiger partial charge in [0.2, 0.25) is 5.91 Å². The topological polar surface area (TPSA) is 124 Å². The SMILES string of the molecule is O=C(CC1CCNCC1)Nc1cncc(-c2cc3c(-c4nc5cccc(-c6ccccc6F)c5[nH]4)n[nH]c3cn2)c1. The summed E-state index contributed by atoms with van der Waals surface area (Å²) in [7, 11) is 0. The molecule has 0 saturated carbocycles. The molecule has 2 aromatic carbocycles. The summed E-state index contributed by atoms with van der Waals surface area (Å²) in [6.45, 7) is 1.92. The van der Waals surface area contributed by atoms with Crippen molar-refractivity contribution in [2.75, 3.05) is 18.4 Å². The second-order valence-corrected chi connectivity index (χ2v) is 10.4. The smallest absolute Gasteiger partial charge is 0.224 e. The molecular weight excluding hydrogens is 519 g/mol. The first-order chi connectivity index (χ1) is 20.1. The number of rotatable bonds is 6. The van der Waals surface area contributed by atoms with Gasteiger partial charge in [0.25, 0.3) is 0 Å². The van der Waals surface area contributed by atoms with Gasteiger partial charge in [-0.15, -0.1) is 0 Å². The molecule has 1 aliphatic rings. The average Bonchev–Trinajstić information content (AvgIpc) is 3.62. The number of para-hydroxylation sites is 1. The van der Waals surface area contributed by atoms with Crippen LogP contribution >= 0.6 is 0 Å². The zero-order valence-electron chi connectivity index (χ0n) is 22.1. The lowest BCUT2D eigenvalue weighted by Gasteiger charge is -2.21. The first-order valence-electron chi connectivity index (χ1n) is 13.7. The number of carbonyl (C=O) groups excluding carboxylic acids is 1. The van der Waals surface area contributed by atoms with Gasteiger partial charge >= 0.3 is 0 Å². The molecular formula is C31H27FN8O. The van der Waals surface area contributed by atoms with Gasteiger partial charge in [-0.2, -0.15) is 5.10 Å². The predicted octanol–water partition coefficient (Wildman–Crippen LogP) is 5.70. The molecule has 4 N–H and O–H groups in total. The van der Waals surface area contributed by atoms with Crippen molar-refractivity contribution >= 4 is 33.5 Å². The minimum Gasteiger partial charge on any atom is -0.336 e. The van der Waals surface area contributed by atoms with Crippen molar-refractivity contribution < 1.29 is 9.18 Å². The van der Waals surface area contributed by atoms with Crippen LogP contribution in [-0.2, 0) is 4.79 Å². The van der Waals surface area contributed by atoms with Crippen LogP contribution in [-0.4, -0.2) is 49.1 Å². The van der Waals surface area contributed by atoms with Gasteiger partial charge in [0.15, 0.2) is 5.82 Å². The monoisotopic (exact) mass is 546 g/mol. The van der Waals surface area contributed by atoms with E-state index in [9.17, 15) is 9.18 Å². The summed E-state index contributed by atoms with van der Waals surface area (Å²) in [5, 5.41) is 14.7. The number of halogens is 1. The maximum atomic E-state index is 14.6. The van der Waals surface area contributed by atoms with E-state index in [1.54, 1.807) is 30.7 Å². The maximum Gasteiger partial charge on any atom is 0.224 e. The lowest BCUT2D eigenvalue weighted by Crippen LogP contribution is -2.30. The van der Waals surface area contributed by atoms with Crippen LogP contribution in [0, 0.1) is 11.7 Å². The molecule has 4 aromatic heterocycles. The van der Waals surface area contributed by atoms with E-state index in [1.807, 2.05) is 36.4 Å². The van der Waals surface area contributed by atoms with Crippen LogP contribution in [0.15, 0.2) is 73.2 Å². The summed E-state index contributed by atoms with van der Waals surface area (Å²) >= 11 is 0. The third kappa shape index (κ3) is 4.93. The summed E-state index contributed by atoms with van der Waals surface area (Å²) in [4.78, 5) is 29.7. The van der Waals surface area contributed by atoms with Gasteiger partial charge in [-0.25, -0.2) is 9.37 Å². The number of anilines is 1. The summed E-state index contributed by atoms with van der Waals surface area (Å²) < 4.78 is 14.6. The highest BCUT2D eigenvalue weighted by atomic mass is 19.1. The molecule has 0 unspecified atom stereocenters. The van der Waals surface area contributed by atoms with Gasteiger partial charge in [-0.1, -0.05) is 30.3 Å². The molecule has 1 amide bonds. The molecule has 7 rings (SSSR count). The van der Waals surface area contributed by atoms with E-state index in [1.165, 1.54) is 6.07 Å². The third-order valence-electron chi connectivity index (χ3n) is 7.60. The zero-order chi connectivity index (χ0) is 27.8. The number of carbonyl (C=O) groups is 1. The first kappa shape index (κ1) is 25.0. The van der Waals surface area contributed by atoms with Gasteiger partial charge in [-0.3, -0.25) is 19.9 Å². The van der Waals surface area contributed by atoms with Gasteiger partial charge in [-0.05, 0) is 56.1 Å². The number of aromatic nitrogens is 6. The zero-order valence-corrected chi connectivity index (χ0v) is 22.1. The number of imidazole rings is 1. The number of aromatic amines is 2. The van der Waals surface area contributed by atoms with E-state index in [0.29, 0.717) is 46.3 Å². The molecule has 6 aromatic rings. The number of nitrogens with zero attached hydrogens (tertiary/aromatic N) is 4. The molecule has 0 spiro atoms. The average molecular weight is 547 g/mol. The van der Waals surface area contributed by atoms with Crippen LogP contribution in [0.5, 0.6) is 0 Å². The van der Waals surface area contributed by atoms with E-state index in [0.717, 1.165) is 53.5 Å². The Bertz CT molecular complexity index is 1890. The maximum absolute atomic E-state index is 14.6. The van der Waals surface area contributed by atoms with Crippen LogP contribution in [0.3, 0.4) is 0 Å². The van der Waals surface area contributed by atoms with Crippen molar-refractivity contribution in [2.24, 2.45) is 5.92 Å². The molecule has 5 heterocycles. The van der Waals surface area contributed by atoms with Gasteiger partial charge in [0.05, 0.1) is 40.3 Å². The Morgan fingerprint density at radius 3 is 2.73 bits per heavy atom. The van der Waals surface area contributed by atoms with Crippen LogP contribution in [0.25, 0.3) is 55.8 Å². The van der Waals surface area contributed by atoms with E-state index in [4.69, 9.17) is 4.98 Å². The summed E-state index contributed by atoms with van der Waals surface area (Å²) in [6, 6.07) is 16.1. The van der Waals surface area contributed by atoms with Crippen LogP contribution < -0.4 is 10.6 Å². The molecule has 10 heteroatoms. The Labute approximate surface area is 234 Å². The number of nitrogens with one attached hydrogen (secondary N) is 4. The molecule has 9 nitrogen and oxygen atoms in total. The highest BCUT2D eigenvalue weighted by Crippen LogP contribution is 2.33. The number of fused-ring (bicyclic) bond motifs is 2. The van der Waals surface area contributed by atoms with E-state index in [-0.39, 0.29) is 11.7 Å². The number of amides is 1. The van der Waals surface area contributed by atoms with Crippen molar-refractivity contribution in [1.29, 1.82) is 0 Å². The molecule has 0 aliphatic carbocycles. The Hall–Kier alpha value is -4.96. The number of pyridine rings is 2. The highest BCUT2D eigenvalue weighted by Gasteiger charge is 2.19. The Balaban J connectivity index is 1.20. The van der Waals surface area contributed by atoms with E-state index in [2.05, 4.69) is 35.8 Å². The second kappa shape index (κ2) is 10.5.